The molecule has 1 N–H and O–H groups in total. The molecule has 4 nitrogen and oxygen atoms in total. The molecule has 0 aliphatic rings. The summed E-state index contributed by atoms with van der Waals surface area (Å²) >= 11 is 0. The summed E-state index contributed by atoms with van der Waals surface area (Å²) in [6.45, 7) is 3.95. The third kappa shape index (κ3) is 3.76. The summed E-state index contributed by atoms with van der Waals surface area (Å²) in [4.78, 5) is 31.5. The van der Waals surface area contributed by atoms with Crippen LogP contribution in [0.4, 0.5) is 0 Å². The molecule has 1 aromatic heterocycles. The fraction of sp³-hybridized carbons (Fsp3) is 0.0556. The summed E-state index contributed by atoms with van der Waals surface area (Å²) in [6, 6.07) is 34.9. The van der Waals surface area contributed by atoms with Crippen LogP contribution in [0.25, 0.3) is 43.4 Å². The van der Waals surface area contributed by atoms with E-state index in [0.29, 0.717) is 22.3 Å². The molecule has 40 heavy (non-hydrogen) atoms. The Labute approximate surface area is 230 Å². The molecule has 0 aliphatic carbocycles. The Morgan fingerprint density at radius 3 is 1.95 bits per heavy atom. The Bertz CT molecular complexity index is 2140. The van der Waals surface area contributed by atoms with Gasteiger partial charge in [0, 0.05) is 27.4 Å². The van der Waals surface area contributed by atoms with Gasteiger partial charge >= 0.3 is 5.97 Å². The van der Waals surface area contributed by atoms with Gasteiger partial charge in [-0.3, -0.25) is 4.79 Å². The van der Waals surface area contributed by atoms with Crippen molar-refractivity contribution < 1.29 is 14.3 Å². The van der Waals surface area contributed by atoms with Crippen LogP contribution in [-0.2, 0) is 0 Å². The van der Waals surface area contributed by atoms with E-state index in [2.05, 4.69) is 23.2 Å². The van der Waals surface area contributed by atoms with Crippen molar-refractivity contribution in [3.05, 3.63) is 137 Å². The maximum atomic E-state index is 14.3. The zero-order valence-electron chi connectivity index (χ0n) is 22.1. The van der Waals surface area contributed by atoms with Crippen LogP contribution in [0, 0.1) is 13.8 Å². The predicted octanol–water partition coefficient (Wildman–Crippen LogP) is 8.69. The Hall–Kier alpha value is -5.22. The van der Waals surface area contributed by atoms with Gasteiger partial charge in [-0.15, -0.1) is 0 Å². The van der Waals surface area contributed by atoms with Crippen molar-refractivity contribution in [3.63, 3.8) is 0 Å². The first-order valence-electron chi connectivity index (χ1n) is 13.3. The van der Waals surface area contributed by atoms with Crippen LogP contribution < -0.4 is 4.74 Å². The van der Waals surface area contributed by atoms with Crippen LogP contribution in [0.3, 0.4) is 0 Å². The minimum absolute atomic E-state index is 0.191. The average Bonchev–Trinajstić information content (AvgIpc) is 3.35. The van der Waals surface area contributed by atoms with Gasteiger partial charge in [-0.25, -0.2) is 4.79 Å². The first-order valence-corrected chi connectivity index (χ1v) is 13.3. The largest absolute Gasteiger partial charge is 0.422 e. The summed E-state index contributed by atoms with van der Waals surface area (Å²) < 4.78 is 6.17. The van der Waals surface area contributed by atoms with Crippen molar-refractivity contribution in [3.8, 4) is 5.75 Å². The Kier molecular flexibility index (Phi) is 5.49. The number of hydrogen-bond donors (Lipinski definition) is 1. The van der Waals surface area contributed by atoms with E-state index in [-0.39, 0.29) is 11.5 Å². The highest BCUT2D eigenvalue weighted by atomic mass is 16.5. The highest BCUT2D eigenvalue weighted by Gasteiger charge is 2.25. The number of benzene rings is 6. The lowest BCUT2D eigenvalue weighted by molar-refractivity contribution is 0.0734. The van der Waals surface area contributed by atoms with E-state index < -0.39 is 5.97 Å². The van der Waals surface area contributed by atoms with E-state index in [1.807, 2.05) is 98.8 Å². The number of ketones is 1. The molecular weight excluding hydrogens is 494 g/mol. The van der Waals surface area contributed by atoms with Gasteiger partial charge in [0.25, 0.3) is 0 Å². The van der Waals surface area contributed by atoms with Crippen LogP contribution in [0.1, 0.15) is 37.4 Å². The minimum atomic E-state index is -0.502. The highest BCUT2D eigenvalue weighted by molar-refractivity contribution is 6.21. The lowest BCUT2D eigenvalue weighted by Gasteiger charge is -2.15. The van der Waals surface area contributed by atoms with Crippen molar-refractivity contribution in [1.82, 2.24) is 4.98 Å². The number of carbonyl (C=O) groups excluding carboxylic acids is 2. The van der Waals surface area contributed by atoms with Crippen LogP contribution in [0.5, 0.6) is 5.75 Å². The summed E-state index contributed by atoms with van der Waals surface area (Å²) in [5.74, 6) is -0.422. The van der Waals surface area contributed by atoms with E-state index in [9.17, 15) is 9.59 Å². The molecule has 0 atom stereocenters. The molecule has 0 fully saturated rings. The van der Waals surface area contributed by atoms with Crippen molar-refractivity contribution in [1.29, 1.82) is 0 Å². The van der Waals surface area contributed by atoms with Gasteiger partial charge in [-0.1, -0.05) is 91.0 Å². The molecule has 6 aromatic carbocycles. The molecule has 192 valence electrons. The Morgan fingerprint density at radius 2 is 1.23 bits per heavy atom. The Balaban J connectivity index is 1.46. The van der Waals surface area contributed by atoms with Gasteiger partial charge < -0.3 is 9.72 Å². The number of hydrogen-bond acceptors (Lipinski definition) is 3. The maximum Gasteiger partial charge on any atom is 0.344 e. The number of aromatic amines is 1. The minimum Gasteiger partial charge on any atom is -0.422 e. The molecule has 7 rings (SSSR count). The number of aryl methyl sites for hydroxylation is 2. The van der Waals surface area contributed by atoms with Gasteiger partial charge in [-0.2, -0.15) is 0 Å². The van der Waals surface area contributed by atoms with E-state index in [4.69, 9.17) is 4.74 Å². The normalized spacial score (nSPS) is 11.4. The average molecular weight is 520 g/mol. The van der Waals surface area contributed by atoms with Crippen molar-refractivity contribution in [2.75, 3.05) is 0 Å². The molecule has 7 aromatic rings. The third-order valence-corrected chi connectivity index (χ3v) is 7.73. The molecule has 0 amide bonds. The molecule has 0 radical (unpaired) electrons. The van der Waals surface area contributed by atoms with E-state index in [1.54, 1.807) is 6.07 Å². The zero-order chi connectivity index (χ0) is 27.4. The number of H-pyrrole nitrogens is 1. The molecule has 0 aliphatic heterocycles. The fourth-order valence-corrected chi connectivity index (χ4v) is 5.72. The zero-order valence-corrected chi connectivity index (χ0v) is 22.1. The highest BCUT2D eigenvalue weighted by Crippen LogP contribution is 2.38. The standard InChI is InChI=1S/C36H25NO3/c1-21-17-18-27-30-20-31(34(38)28-15-7-11-23-9-3-5-13-25(23)28)35(22(2)33(30)37-32(27)19-21)40-36(39)29-16-8-12-24-10-4-6-14-26(24)29/h3-20,37H,1-2H3. The summed E-state index contributed by atoms with van der Waals surface area (Å²) in [7, 11) is 0. The van der Waals surface area contributed by atoms with E-state index >= 15 is 0 Å². The number of fused-ring (bicyclic) bond motifs is 5. The van der Waals surface area contributed by atoms with Gasteiger partial charge in [0.05, 0.1) is 16.6 Å². The number of esters is 1. The lowest BCUT2D eigenvalue weighted by Crippen LogP contribution is -2.14. The summed E-state index contributed by atoms with van der Waals surface area (Å²) in [6.07, 6.45) is 0. The number of rotatable bonds is 4. The number of carbonyl (C=O) groups is 2. The van der Waals surface area contributed by atoms with Crippen LogP contribution >= 0.6 is 0 Å². The smallest absolute Gasteiger partial charge is 0.344 e. The van der Waals surface area contributed by atoms with Crippen molar-refractivity contribution in [2.45, 2.75) is 13.8 Å². The van der Waals surface area contributed by atoms with E-state index in [0.717, 1.165) is 48.9 Å². The number of aromatic nitrogens is 1. The first-order chi connectivity index (χ1) is 19.5. The van der Waals surface area contributed by atoms with Gasteiger partial charge in [0.15, 0.2) is 5.78 Å². The van der Waals surface area contributed by atoms with E-state index in [1.165, 1.54) is 0 Å². The molecule has 0 spiro atoms. The van der Waals surface area contributed by atoms with Gasteiger partial charge in [-0.05, 0) is 59.2 Å². The second kappa shape index (κ2) is 9.21. The first kappa shape index (κ1) is 23.9. The van der Waals surface area contributed by atoms with Crippen molar-refractivity contribution in [2.24, 2.45) is 0 Å². The monoisotopic (exact) mass is 519 g/mol. The summed E-state index contributed by atoms with van der Waals surface area (Å²) in [5, 5.41) is 5.51. The van der Waals surface area contributed by atoms with Gasteiger partial charge in [0.1, 0.15) is 5.75 Å². The van der Waals surface area contributed by atoms with Gasteiger partial charge in [0.2, 0.25) is 0 Å². The maximum absolute atomic E-state index is 14.3. The second-order valence-electron chi connectivity index (χ2n) is 10.2. The molecule has 0 unspecified atom stereocenters. The lowest BCUT2D eigenvalue weighted by atomic mass is 9.94. The van der Waals surface area contributed by atoms with Crippen LogP contribution in [0.15, 0.2) is 109 Å². The second-order valence-corrected chi connectivity index (χ2v) is 10.2. The van der Waals surface area contributed by atoms with Crippen LogP contribution in [-0.4, -0.2) is 16.7 Å². The SMILES string of the molecule is Cc1ccc2c(c1)[nH]c1c(C)c(OC(=O)c3cccc4ccccc34)c(C(=O)c3cccc4ccccc34)cc12. The number of nitrogens with one attached hydrogen (secondary N) is 1. The summed E-state index contributed by atoms with van der Waals surface area (Å²) in [5.41, 5.74) is 5.03. The van der Waals surface area contributed by atoms with Crippen LogP contribution in [0.2, 0.25) is 0 Å². The Morgan fingerprint density at radius 1 is 0.600 bits per heavy atom. The molecular formula is C36H25NO3. The molecule has 1 heterocycles. The topological polar surface area (TPSA) is 59.2 Å². The molecule has 0 saturated carbocycles. The third-order valence-electron chi connectivity index (χ3n) is 7.73. The molecule has 0 saturated heterocycles. The van der Waals surface area contributed by atoms with Crippen molar-refractivity contribution >= 4 is 55.1 Å². The quantitative estimate of drug-likeness (QED) is 0.144. The number of ether oxygens (including phenoxy) is 1. The fourth-order valence-electron chi connectivity index (χ4n) is 5.72. The molecule has 4 heteroatoms. The predicted molar refractivity (Wildman–Crippen MR) is 162 cm³/mol. The molecule has 0 bridgehead atoms.